The van der Waals surface area contributed by atoms with Gasteiger partial charge in [-0.05, 0) is 0 Å². The normalized spacial score (nSPS) is 18.3. The molecular formula is C15H15Cl2IN2O. The molecule has 1 atom stereocenters. The van der Waals surface area contributed by atoms with Gasteiger partial charge in [0.2, 0.25) is 0 Å². The van der Waals surface area contributed by atoms with Gasteiger partial charge in [-0.25, -0.2) is 0 Å². The van der Waals surface area contributed by atoms with E-state index in [2.05, 4.69) is 14.8 Å². The van der Waals surface area contributed by atoms with Gasteiger partial charge in [-0.1, -0.05) is 0 Å². The molecule has 0 N–H and O–H groups in total. The van der Waals surface area contributed by atoms with Gasteiger partial charge in [-0.3, -0.25) is 0 Å². The molecule has 112 valence electrons. The van der Waals surface area contributed by atoms with Crippen molar-refractivity contribution in [3.05, 3.63) is 55.1 Å². The van der Waals surface area contributed by atoms with Gasteiger partial charge in [0.25, 0.3) is 0 Å². The topological polar surface area (TPSA) is 35.0 Å². The van der Waals surface area contributed by atoms with Crippen LogP contribution in [0.15, 0.2) is 24.3 Å². The standard InChI is InChI=1S/C15H15Cl2IN2O/c1-18(2)15-19-13-11(9-3-5-10(16)6-4-9)7-21-8-12(13)14(17)20-15/h3-6,11H,7-8H2,1-2H3. The Bertz CT molecular complexity index is 661. The molecule has 1 aliphatic heterocycles. The van der Waals surface area contributed by atoms with E-state index in [-0.39, 0.29) is 5.92 Å². The summed E-state index contributed by atoms with van der Waals surface area (Å²) >= 11 is 11.0. The third kappa shape index (κ3) is 3.18. The second-order valence-electron chi connectivity index (χ2n) is 5.02. The van der Waals surface area contributed by atoms with Crippen LogP contribution in [0.3, 0.4) is 0 Å². The minimum atomic E-state index is -1.28. The van der Waals surface area contributed by atoms with Crippen molar-refractivity contribution in [2.75, 3.05) is 16.5 Å². The molecule has 2 aromatic rings. The minimum absolute atomic E-state index is 0.0982. The van der Waals surface area contributed by atoms with Crippen molar-refractivity contribution in [2.45, 2.75) is 12.5 Å². The van der Waals surface area contributed by atoms with Crippen molar-refractivity contribution >= 4 is 43.0 Å². The molecule has 0 radical (unpaired) electrons. The van der Waals surface area contributed by atoms with Crippen LogP contribution in [-0.2, 0) is 11.3 Å². The molecule has 3 nitrogen and oxygen atoms in total. The van der Waals surface area contributed by atoms with Crippen molar-refractivity contribution in [3.8, 4) is 0 Å². The van der Waals surface area contributed by atoms with Crippen molar-refractivity contribution in [3.63, 3.8) is 0 Å². The number of benzene rings is 1. The first-order valence-electron chi connectivity index (χ1n) is 6.46. The molecule has 3 rings (SSSR count). The number of hydrogen-bond donors (Lipinski definition) is 0. The van der Waals surface area contributed by atoms with Gasteiger partial charge in [0, 0.05) is 0 Å². The third-order valence-electron chi connectivity index (χ3n) is 3.43. The van der Waals surface area contributed by atoms with Gasteiger partial charge in [0.15, 0.2) is 0 Å². The molecule has 0 fully saturated rings. The quantitative estimate of drug-likeness (QED) is 0.303. The Morgan fingerprint density at radius 3 is 2.52 bits per heavy atom. The SMILES string of the molecule is CI(C)c1nc(Cl)c2c(n1)C(c1ccc(Cl)cc1)COC2. The molecule has 0 saturated carbocycles. The van der Waals surface area contributed by atoms with E-state index in [0.29, 0.717) is 18.4 Å². The summed E-state index contributed by atoms with van der Waals surface area (Å²) in [6, 6.07) is 7.84. The summed E-state index contributed by atoms with van der Waals surface area (Å²) in [5.41, 5.74) is 3.09. The first-order chi connectivity index (χ1) is 10.1. The maximum absolute atomic E-state index is 6.34. The van der Waals surface area contributed by atoms with E-state index in [0.717, 1.165) is 25.7 Å². The van der Waals surface area contributed by atoms with Crippen molar-refractivity contribution in [1.82, 2.24) is 9.97 Å². The average Bonchev–Trinajstić information content (AvgIpc) is 2.47. The fourth-order valence-electron chi connectivity index (χ4n) is 2.34. The maximum atomic E-state index is 6.34. The molecule has 1 aromatic heterocycles. The number of ether oxygens (including phenoxy) is 1. The Kier molecular flexibility index (Phi) is 4.69. The summed E-state index contributed by atoms with van der Waals surface area (Å²) in [7, 11) is 0. The number of hydrogen-bond acceptors (Lipinski definition) is 3. The number of aromatic nitrogens is 2. The molecule has 1 aromatic carbocycles. The van der Waals surface area contributed by atoms with Crippen LogP contribution >= 0.6 is 43.0 Å². The fraction of sp³-hybridized carbons (Fsp3) is 0.333. The number of alkyl halides is 2. The van der Waals surface area contributed by atoms with Crippen LogP contribution in [0.25, 0.3) is 0 Å². The molecule has 21 heavy (non-hydrogen) atoms. The summed E-state index contributed by atoms with van der Waals surface area (Å²) in [6.45, 7) is 1.10. The molecule has 6 heteroatoms. The first-order valence-corrected chi connectivity index (χ1v) is 12.6. The Hall–Kier alpha value is -0.430. The Labute approximate surface area is 141 Å². The van der Waals surface area contributed by atoms with Crippen LogP contribution in [0.2, 0.25) is 10.2 Å². The van der Waals surface area contributed by atoms with E-state index in [1.807, 2.05) is 24.3 Å². The third-order valence-corrected chi connectivity index (χ3v) is 6.41. The molecule has 0 spiro atoms. The van der Waals surface area contributed by atoms with Gasteiger partial charge in [-0.15, -0.1) is 0 Å². The average molecular weight is 437 g/mol. The van der Waals surface area contributed by atoms with Gasteiger partial charge < -0.3 is 0 Å². The molecule has 1 unspecified atom stereocenters. The fourth-order valence-corrected chi connectivity index (χ4v) is 4.31. The van der Waals surface area contributed by atoms with Gasteiger partial charge in [-0.2, -0.15) is 0 Å². The second kappa shape index (κ2) is 6.36. The monoisotopic (exact) mass is 436 g/mol. The van der Waals surface area contributed by atoms with Crippen molar-refractivity contribution < 1.29 is 4.74 Å². The summed E-state index contributed by atoms with van der Waals surface area (Å²) in [4.78, 5) is 13.7. The van der Waals surface area contributed by atoms with E-state index in [9.17, 15) is 0 Å². The molecule has 2 heterocycles. The number of halogens is 3. The van der Waals surface area contributed by atoms with Crippen molar-refractivity contribution in [2.24, 2.45) is 0 Å². The molecule has 0 saturated heterocycles. The van der Waals surface area contributed by atoms with E-state index < -0.39 is 19.8 Å². The van der Waals surface area contributed by atoms with Crippen LogP contribution in [0.4, 0.5) is 0 Å². The predicted octanol–water partition coefficient (Wildman–Crippen LogP) is 4.38. The summed E-state index contributed by atoms with van der Waals surface area (Å²) < 4.78 is 6.62. The van der Waals surface area contributed by atoms with Crippen LogP contribution in [0.1, 0.15) is 22.7 Å². The van der Waals surface area contributed by atoms with Crippen LogP contribution in [0.5, 0.6) is 0 Å². The first kappa shape index (κ1) is 15.5. The van der Waals surface area contributed by atoms with Crippen LogP contribution in [0, 0.1) is 3.83 Å². The van der Waals surface area contributed by atoms with Gasteiger partial charge in [0.1, 0.15) is 0 Å². The number of rotatable bonds is 2. The van der Waals surface area contributed by atoms with Gasteiger partial charge in [0.05, 0.1) is 0 Å². The Morgan fingerprint density at radius 1 is 1.14 bits per heavy atom. The van der Waals surface area contributed by atoms with Crippen LogP contribution < -0.4 is 0 Å². The Morgan fingerprint density at radius 2 is 1.86 bits per heavy atom. The second-order valence-corrected chi connectivity index (χ2v) is 11.1. The van der Waals surface area contributed by atoms with E-state index >= 15 is 0 Å². The number of nitrogens with zero attached hydrogens (tertiary/aromatic N) is 2. The number of fused-ring (bicyclic) bond motifs is 1. The zero-order valence-electron chi connectivity index (χ0n) is 11.7. The van der Waals surface area contributed by atoms with E-state index in [1.54, 1.807) is 0 Å². The van der Waals surface area contributed by atoms with Crippen LogP contribution in [-0.4, -0.2) is 26.4 Å². The summed E-state index contributed by atoms with van der Waals surface area (Å²) in [5, 5.41) is 1.27. The van der Waals surface area contributed by atoms with Gasteiger partial charge >= 0.3 is 142 Å². The zero-order valence-corrected chi connectivity index (χ0v) is 15.4. The summed E-state index contributed by atoms with van der Waals surface area (Å²) in [6.07, 6.45) is 0. The predicted molar refractivity (Wildman–Crippen MR) is 94.6 cm³/mol. The molecule has 1 aliphatic rings. The van der Waals surface area contributed by atoms with Crippen molar-refractivity contribution in [1.29, 1.82) is 0 Å². The van der Waals surface area contributed by atoms with E-state index in [1.165, 1.54) is 0 Å². The van der Waals surface area contributed by atoms with E-state index in [4.69, 9.17) is 32.9 Å². The molecule has 0 amide bonds. The summed E-state index contributed by atoms with van der Waals surface area (Å²) in [5.74, 6) is 0.0982. The molecular weight excluding hydrogens is 422 g/mol. The molecule has 0 aliphatic carbocycles. The molecule has 0 bridgehead atoms. The Balaban J connectivity index is 2.09. The zero-order chi connectivity index (χ0) is 15.0.